The van der Waals surface area contributed by atoms with Gasteiger partial charge in [0.05, 0.1) is 5.25 Å². The van der Waals surface area contributed by atoms with Gasteiger partial charge in [-0.3, -0.25) is 0 Å². The van der Waals surface area contributed by atoms with Crippen LogP contribution in [0.3, 0.4) is 0 Å². The largest absolute Gasteiger partial charge is 0.309 e. The molecule has 2 aromatic heterocycles. The highest BCUT2D eigenvalue weighted by Gasteiger charge is 2.35. The first-order chi connectivity index (χ1) is 11.1. The molecule has 0 aromatic carbocycles. The average molecular weight is 336 g/mol. The highest BCUT2D eigenvalue weighted by atomic mass is 32.2. The minimum absolute atomic E-state index is 0.00678. The van der Waals surface area contributed by atoms with Gasteiger partial charge in [0.15, 0.2) is 5.82 Å². The number of hydrogen-bond acceptors (Lipinski definition) is 6. The van der Waals surface area contributed by atoms with Gasteiger partial charge in [0.1, 0.15) is 12.7 Å². The lowest BCUT2D eigenvalue weighted by atomic mass is 10.2. The molecule has 0 spiro atoms. The lowest BCUT2D eigenvalue weighted by Crippen LogP contribution is -2.40. The van der Waals surface area contributed by atoms with Gasteiger partial charge in [-0.15, -0.1) is 0 Å². The quantitative estimate of drug-likeness (QED) is 0.715. The number of nitrogens with one attached hydrogen (secondary N) is 2. The molecule has 1 aliphatic carbocycles. The van der Waals surface area contributed by atoms with Crippen molar-refractivity contribution in [1.82, 2.24) is 29.8 Å². The minimum atomic E-state index is -3.13. The van der Waals surface area contributed by atoms with Crippen LogP contribution in [0, 0.1) is 0 Å². The van der Waals surface area contributed by atoms with E-state index in [4.69, 9.17) is 0 Å². The Morgan fingerprint density at radius 2 is 2.26 bits per heavy atom. The van der Waals surface area contributed by atoms with Crippen molar-refractivity contribution in [1.29, 1.82) is 0 Å². The lowest BCUT2D eigenvalue weighted by molar-refractivity contribution is 0.522. The van der Waals surface area contributed by atoms with Crippen LogP contribution in [0.25, 0.3) is 5.82 Å². The average Bonchev–Trinajstić information content (AvgIpc) is 3.28. The molecule has 23 heavy (non-hydrogen) atoms. The Morgan fingerprint density at radius 3 is 2.96 bits per heavy atom. The van der Waals surface area contributed by atoms with E-state index in [9.17, 15) is 8.42 Å². The number of sulfonamides is 1. The fourth-order valence-corrected chi connectivity index (χ4v) is 3.66. The first-order valence-electron chi connectivity index (χ1n) is 7.57. The van der Waals surface area contributed by atoms with Gasteiger partial charge in [0.25, 0.3) is 0 Å². The van der Waals surface area contributed by atoms with E-state index in [1.165, 1.54) is 6.33 Å². The van der Waals surface area contributed by atoms with Gasteiger partial charge in [0, 0.05) is 30.9 Å². The Kier molecular flexibility index (Phi) is 4.69. The maximum atomic E-state index is 11.8. The second-order valence-corrected chi connectivity index (χ2v) is 7.75. The molecule has 0 aliphatic heterocycles. The molecule has 1 fully saturated rings. The van der Waals surface area contributed by atoms with Gasteiger partial charge in [0.2, 0.25) is 10.0 Å². The van der Waals surface area contributed by atoms with Crippen LogP contribution < -0.4 is 10.0 Å². The first-order valence-corrected chi connectivity index (χ1v) is 9.11. The summed E-state index contributed by atoms with van der Waals surface area (Å²) in [4.78, 5) is 8.25. The van der Waals surface area contributed by atoms with Gasteiger partial charge in [-0.2, -0.15) is 5.10 Å². The van der Waals surface area contributed by atoms with Crippen LogP contribution in [0.4, 0.5) is 0 Å². The maximum Gasteiger partial charge on any atom is 0.214 e. The third-order valence-corrected chi connectivity index (χ3v) is 5.62. The van der Waals surface area contributed by atoms with E-state index in [1.807, 2.05) is 19.1 Å². The van der Waals surface area contributed by atoms with Crippen molar-refractivity contribution in [3.05, 3.63) is 36.5 Å². The molecule has 1 aliphatic rings. The summed E-state index contributed by atoms with van der Waals surface area (Å²) < 4.78 is 27.9. The summed E-state index contributed by atoms with van der Waals surface area (Å²) >= 11 is 0. The van der Waals surface area contributed by atoms with E-state index >= 15 is 0 Å². The Hall–Kier alpha value is -1.84. The molecule has 2 heterocycles. The van der Waals surface area contributed by atoms with Gasteiger partial charge < -0.3 is 5.32 Å². The number of rotatable bonds is 8. The number of pyridine rings is 1. The number of aromatic nitrogens is 4. The van der Waals surface area contributed by atoms with E-state index in [-0.39, 0.29) is 11.3 Å². The van der Waals surface area contributed by atoms with Gasteiger partial charge in [-0.1, -0.05) is 6.07 Å². The zero-order valence-corrected chi connectivity index (χ0v) is 13.7. The van der Waals surface area contributed by atoms with E-state index < -0.39 is 10.0 Å². The predicted molar refractivity (Wildman–Crippen MR) is 85.4 cm³/mol. The maximum absolute atomic E-state index is 11.8. The first kappa shape index (κ1) is 16.0. The molecule has 1 saturated carbocycles. The molecular formula is C14H20N6O2S. The normalized spacial score (nSPS) is 16.4. The number of nitrogens with zero attached hydrogens (tertiary/aromatic N) is 4. The second-order valence-electron chi connectivity index (χ2n) is 5.70. The summed E-state index contributed by atoms with van der Waals surface area (Å²) in [6.07, 6.45) is 6.30. The van der Waals surface area contributed by atoms with Crippen molar-refractivity contribution < 1.29 is 8.42 Å². The Bertz CT molecular complexity index is 742. The van der Waals surface area contributed by atoms with E-state index in [2.05, 4.69) is 25.1 Å². The van der Waals surface area contributed by atoms with Crippen LogP contribution in [-0.4, -0.2) is 46.0 Å². The Morgan fingerprint density at radius 1 is 1.43 bits per heavy atom. The zero-order valence-electron chi connectivity index (χ0n) is 12.9. The third-order valence-electron chi connectivity index (χ3n) is 3.70. The summed E-state index contributed by atoms with van der Waals surface area (Å²) in [7, 11) is -3.13. The third kappa shape index (κ3) is 4.12. The molecule has 0 bridgehead atoms. The smallest absolute Gasteiger partial charge is 0.214 e. The monoisotopic (exact) mass is 336 g/mol. The summed E-state index contributed by atoms with van der Waals surface area (Å²) in [5.41, 5.74) is 0.968. The van der Waals surface area contributed by atoms with Crippen LogP contribution in [0.1, 0.15) is 25.3 Å². The van der Waals surface area contributed by atoms with Gasteiger partial charge in [-0.25, -0.2) is 27.8 Å². The van der Waals surface area contributed by atoms with Crippen molar-refractivity contribution in [3.63, 3.8) is 0 Å². The second kappa shape index (κ2) is 6.73. The molecule has 0 unspecified atom stereocenters. The van der Waals surface area contributed by atoms with Crippen molar-refractivity contribution in [2.24, 2.45) is 0 Å². The fraction of sp³-hybridized carbons (Fsp3) is 0.500. The van der Waals surface area contributed by atoms with Crippen molar-refractivity contribution >= 4 is 10.0 Å². The standard InChI is InChI=1S/C14H20N6O2S/c1-11(7-19-23(21,22)13-4-5-13)17-8-12-3-2-6-16-14(12)20-10-15-9-18-20/h2-3,6,9-11,13,17,19H,4-5,7-8H2,1H3/t11-/m0/s1. The van der Waals surface area contributed by atoms with Crippen LogP contribution >= 0.6 is 0 Å². The molecule has 124 valence electrons. The summed E-state index contributed by atoms with van der Waals surface area (Å²) in [6, 6.07) is 3.82. The van der Waals surface area contributed by atoms with Gasteiger partial charge in [-0.05, 0) is 25.8 Å². The topological polar surface area (TPSA) is 102 Å². The molecule has 0 amide bonds. The highest BCUT2D eigenvalue weighted by Crippen LogP contribution is 2.27. The van der Waals surface area contributed by atoms with E-state index in [0.717, 1.165) is 18.4 Å². The van der Waals surface area contributed by atoms with Crippen LogP contribution in [0.15, 0.2) is 31.0 Å². The van der Waals surface area contributed by atoms with Crippen molar-refractivity contribution in [2.45, 2.75) is 37.6 Å². The zero-order chi connectivity index (χ0) is 16.3. The van der Waals surface area contributed by atoms with Gasteiger partial charge >= 0.3 is 0 Å². The fourth-order valence-electron chi connectivity index (χ4n) is 2.19. The molecule has 2 aromatic rings. The molecule has 0 radical (unpaired) electrons. The summed E-state index contributed by atoms with van der Waals surface area (Å²) in [5, 5.41) is 7.21. The molecule has 1 atom stereocenters. The molecule has 8 nitrogen and oxygen atoms in total. The molecule has 3 rings (SSSR count). The lowest BCUT2D eigenvalue weighted by Gasteiger charge is -2.16. The molecular weight excluding hydrogens is 316 g/mol. The van der Waals surface area contributed by atoms with E-state index in [0.29, 0.717) is 18.9 Å². The van der Waals surface area contributed by atoms with Crippen LogP contribution in [0.2, 0.25) is 0 Å². The van der Waals surface area contributed by atoms with Crippen molar-refractivity contribution in [2.75, 3.05) is 6.54 Å². The summed E-state index contributed by atoms with van der Waals surface area (Å²) in [6.45, 7) is 2.88. The Balaban J connectivity index is 1.56. The molecule has 2 N–H and O–H groups in total. The van der Waals surface area contributed by atoms with Crippen LogP contribution in [0.5, 0.6) is 0 Å². The summed E-state index contributed by atoms with van der Waals surface area (Å²) in [5.74, 6) is 0.711. The molecule has 9 heteroatoms. The Labute approximate surface area is 135 Å². The highest BCUT2D eigenvalue weighted by molar-refractivity contribution is 7.90. The predicted octanol–water partition coefficient (Wildman–Crippen LogP) is 0.222. The molecule has 0 saturated heterocycles. The SMILES string of the molecule is C[C@@H](CNS(=O)(=O)C1CC1)NCc1cccnc1-n1cncn1. The van der Waals surface area contributed by atoms with Crippen LogP contribution in [-0.2, 0) is 16.6 Å². The number of hydrogen-bond donors (Lipinski definition) is 2. The van der Waals surface area contributed by atoms with E-state index in [1.54, 1.807) is 17.2 Å². The minimum Gasteiger partial charge on any atom is -0.309 e. The van der Waals surface area contributed by atoms with Crippen molar-refractivity contribution in [3.8, 4) is 5.82 Å².